The van der Waals surface area contributed by atoms with Crippen molar-refractivity contribution in [1.29, 1.82) is 0 Å². The smallest absolute Gasteiger partial charge is 0.151 e. The van der Waals surface area contributed by atoms with Gasteiger partial charge in [-0.15, -0.1) is 0 Å². The first-order chi connectivity index (χ1) is 7.22. The number of rotatable bonds is 2. The van der Waals surface area contributed by atoms with E-state index in [4.69, 9.17) is 0 Å². The second kappa shape index (κ2) is 3.65. The standard InChI is InChI=1S/C11H11N3O/c1-8-13-6-11(14(8)2)10-3-9(7-15)4-12-5-10/h3-7H,1-2H3. The van der Waals surface area contributed by atoms with E-state index in [9.17, 15) is 4.79 Å². The van der Waals surface area contributed by atoms with E-state index < -0.39 is 0 Å². The van der Waals surface area contributed by atoms with Crippen LogP contribution < -0.4 is 0 Å². The number of pyridine rings is 1. The quantitative estimate of drug-likeness (QED) is 0.693. The minimum absolute atomic E-state index is 0.575. The minimum Gasteiger partial charge on any atom is -0.331 e. The van der Waals surface area contributed by atoms with Crippen molar-refractivity contribution in [3.63, 3.8) is 0 Å². The Bertz CT molecular complexity index is 502. The molecule has 0 spiro atoms. The SMILES string of the molecule is Cc1ncc(-c2cncc(C=O)c2)n1C. The lowest BCUT2D eigenvalue weighted by Gasteiger charge is -2.03. The lowest BCUT2D eigenvalue weighted by Crippen LogP contribution is -1.95. The molecule has 0 fully saturated rings. The van der Waals surface area contributed by atoms with Gasteiger partial charge in [-0.3, -0.25) is 9.78 Å². The average molecular weight is 201 g/mol. The van der Waals surface area contributed by atoms with Gasteiger partial charge in [0.05, 0.1) is 11.9 Å². The van der Waals surface area contributed by atoms with Crippen molar-refractivity contribution in [1.82, 2.24) is 14.5 Å². The van der Waals surface area contributed by atoms with Gasteiger partial charge in [0.1, 0.15) is 5.82 Å². The van der Waals surface area contributed by atoms with Gasteiger partial charge >= 0.3 is 0 Å². The van der Waals surface area contributed by atoms with E-state index in [1.54, 1.807) is 24.7 Å². The molecule has 0 amide bonds. The number of hydrogen-bond acceptors (Lipinski definition) is 3. The fraction of sp³-hybridized carbons (Fsp3) is 0.182. The maximum atomic E-state index is 10.6. The number of aryl methyl sites for hydroxylation is 1. The minimum atomic E-state index is 0.575. The first kappa shape index (κ1) is 9.58. The zero-order valence-electron chi connectivity index (χ0n) is 8.64. The van der Waals surface area contributed by atoms with Gasteiger partial charge in [-0.2, -0.15) is 0 Å². The highest BCUT2D eigenvalue weighted by atomic mass is 16.1. The largest absolute Gasteiger partial charge is 0.331 e. The maximum Gasteiger partial charge on any atom is 0.151 e. The van der Waals surface area contributed by atoms with E-state index in [-0.39, 0.29) is 0 Å². The van der Waals surface area contributed by atoms with Crippen LogP contribution in [0.4, 0.5) is 0 Å². The van der Waals surface area contributed by atoms with Crippen LogP contribution in [0.3, 0.4) is 0 Å². The Labute approximate surface area is 87.6 Å². The maximum absolute atomic E-state index is 10.6. The fourth-order valence-corrected chi connectivity index (χ4v) is 1.43. The second-order valence-corrected chi connectivity index (χ2v) is 3.37. The Hall–Kier alpha value is -1.97. The number of carbonyl (C=O) groups excluding carboxylic acids is 1. The number of nitrogens with zero attached hydrogens (tertiary/aromatic N) is 3. The topological polar surface area (TPSA) is 47.8 Å². The predicted octanol–water partition coefficient (Wildman–Crippen LogP) is 1.60. The summed E-state index contributed by atoms with van der Waals surface area (Å²) in [6.07, 6.45) is 5.84. The number of carbonyl (C=O) groups is 1. The van der Waals surface area contributed by atoms with Gasteiger partial charge in [-0.05, 0) is 13.0 Å². The Morgan fingerprint density at radius 2 is 2.13 bits per heavy atom. The predicted molar refractivity (Wildman–Crippen MR) is 56.6 cm³/mol. The van der Waals surface area contributed by atoms with E-state index >= 15 is 0 Å². The molecule has 0 aliphatic rings. The molecule has 2 heterocycles. The zero-order valence-corrected chi connectivity index (χ0v) is 8.64. The molecule has 0 radical (unpaired) electrons. The molecule has 2 aromatic rings. The summed E-state index contributed by atoms with van der Waals surface area (Å²) in [5.41, 5.74) is 2.44. The lowest BCUT2D eigenvalue weighted by atomic mass is 10.2. The van der Waals surface area contributed by atoms with Gasteiger partial charge in [-0.1, -0.05) is 0 Å². The van der Waals surface area contributed by atoms with E-state index in [0.717, 1.165) is 23.4 Å². The number of imidazole rings is 1. The van der Waals surface area contributed by atoms with Gasteiger partial charge in [-0.25, -0.2) is 4.98 Å². The van der Waals surface area contributed by atoms with Crippen LogP contribution in [0.5, 0.6) is 0 Å². The fourth-order valence-electron chi connectivity index (χ4n) is 1.43. The van der Waals surface area contributed by atoms with E-state index in [1.165, 1.54) is 0 Å². The third kappa shape index (κ3) is 1.66. The van der Waals surface area contributed by atoms with Crippen LogP contribution in [0, 0.1) is 6.92 Å². The normalized spacial score (nSPS) is 10.3. The van der Waals surface area contributed by atoms with Crippen molar-refractivity contribution in [3.05, 3.63) is 36.0 Å². The van der Waals surface area contributed by atoms with Crippen LogP contribution in [0.15, 0.2) is 24.7 Å². The molecule has 4 nitrogen and oxygen atoms in total. The van der Waals surface area contributed by atoms with Gasteiger partial charge in [0.15, 0.2) is 6.29 Å². The Morgan fingerprint density at radius 1 is 1.33 bits per heavy atom. The zero-order chi connectivity index (χ0) is 10.8. The van der Waals surface area contributed by atoms with Crippen LogP contribution in [0.2, 0.25) is 0 Å². The molecule has 4 heteroatoms. The van der Waals surface area contributed by atoms with Gasteiger partial charge in [0.25, 0.3) is 0 Å². The van der Waals surface area contributed by atoms with Crippen molar-refractivity contribution in [2.45, 2.75) is 6.92 Å². The summed E-state index contributed by atoms with van der Waals surface area (Å²) in [6.45, 7) is 1.93. The molecule has 2 aromatic heterocycles. The van der Waals surface area contributed by atoms with Crippen molar-refractivity contribution in [2.75, 3.05) is 0 Å². The number of aldehydes is 1. The highest BCUT2D eigenvalue weighted by molar-refractivity contribution is 5.77. The van der Waals surface area contributed by atoms with Crippen LogP contribution in [-0.2, 0) is 7.05 Å². The van der Waals surface area contributed by atoms with Crippen LogP contribution in [-0.4, -0.2) is 20.8 Å². The highest BCUT2D eigenvalue weighted by Crippen LogP contribution is 2.18. The van der Waals surface area contributed by atoms with Gasteiger partial charge in [0.2, 0.25) is 0 Å². The average Bonchev–Trinajstić information content (AvgIpc) is 2.60. The summed E-state index contributed by atoms with van der Waals surface area (Å²) in [6, 6.07) is 1.80. The summed E-state index contributed by atoms with van der Waals surface area (Å²) in [7, 11) is 1.94. The summed E-state index contributed by atoms with van der Waals surface area (Å²) >= 11 is 0. The Morgan fingerprint density at radius 3 is 2.73 bits per heavy atom. The van der Waals surface area contributed by atoms with Crippen LogP contribution in [0.1, 0.15) is 16.2 Å². The van der Waals surface area contributed by atoms with Crippen LogP contribution >= 0.6 is 0 Å². The lowest BCUT2D eigenvalue weighted by molar-refractivity contribution is 0.112. The van der Waals surface area contributed by atoms with Crippen molar-refractivity contribution < 1.29 is 4.79 Å². The molecule has 76 valence electrons. The molecule has 0 aliphatic carbocycles. The van der Waals surface area contributed by atoms with E-state index in [0.29, 0.717) is 5.56 Å². The molecular formula is C11H11N3O. The van der Waals surface area contributed by atoms with Gasteiger partial charge in [0, 0.05) is 30.6 Å². The summed E-state index contributed by atoms with van der Waals surface area (Å²) < 4.78 is 1.96. The molecular weight excluding hydrogens is 190 g/mol. The Kier molecular flexibility index (Phi) is 2.33. The Balaban J connectivity index is 2.53. The van der Waals surface area contributed by atoms with E-state index in [1.807, 2.05) is 18.5 Å². The molecule has 0 saturated carbocycles. The molecule has 0 bridgehead atoms. The van der Waals surface area contributed by atoms with E-state index in [2.05, 4.69) is 9.97 Å². The monoisotopic (exact) mass is 201 g/mol. The molecule has 0 aliphatic heterocycles. The molecule has 0 aromatic carbocycles. The first-order valence-electron chi connectivity index (χ1n) is 4.61. The van der Waals surface area contributed by atoms with Crippen molar-refractivity contribution >= 4 is 6.29 Å². The summed E-state index contributed by atoms with van der Waals surface area (Å²) in [5.74, 6) is 0.932. The summed E-state index contributed by atoms with van der Waals surface area (Å²) in [5, 5.41) is 0. The molecule has 0 N–H and O–H groups in total. The molecule has 2 rings (SSSR count). The molecule has 0 atom stereocenters. The summed E-state index contributed by atoms with van der Waals surface area (Å²) in [4.78, 5) is 18.8. The number of hydrogen-bond donors (Lipinski definition) is 0. The van der Waals surface area contributed by atoms with Gasteiger partial charge < -0.3 is 4.57 Å². The second-order valence-electron chi connectivity index (χ2n) is 3.37. The van der Waals surface area contributed by atoms with Crippen LogP contribution in [0.25, 0.3) is 11.3 Å². The third-order valence-corrected chi connectivity index (χ3v) is 2.41. The highest BCUT2D eigenvalue weighted by Gasteiger charge is 2.06. The molecule has 15 heavy (non-hydrogen) atoms. The third-order valence-electron chi connectivity index (χ3n) is 2.41. The molecule has 0 saturated heterocycles. The molecule has 0 unspecified atom stereocenters. The van der Waals surface area contributed by atoms with Crippen molar-refractivity contribution in [3.8, 4) is 11.3 Å². The van der Waals surface area contributed by atoms with Crippen molar-refractivity contribution in [2.24, 2.45) is 7.05 Å². The first-order valence-corrected chi connectivity index (χ1v) is 4.61. The number of aromatic nitrogens is 3.